The van der Waals surface area contributed by atoms with Crippen molar-refractivity contribution in [2.24, 2.45) is 0 Å². The molecule has 0 saturated heterocycles. The minimum atomic E-state index is -0.488. The second kappa shape index (κ2) is 12.3. The maximum Gasteiger partial charge on any atom is 0.332 e. The molecule has 1 aromatic heterocycles. The van der Waals surface area contributed by atoms with Gasteiger partial charge in [0, 0.05) is 30.8 Å². The molecular weight excluding hydrogens is 426 g/mol. The maximum absolute atomic E-state index is 11.7. The first-order chi connectivity index (χ1) is 16.4. The van der Waals surface area contributed by atoms with Crippen LogP contribution in [0, 0.1) is 0 Å². The fraction of sp³-hybridized carbons (Fsp3) is 0.393. The van der Waals surface area contributed by atoms with Crippen LogP contribution in [-0.2, 0) is 14.3 Å². The number of aromatic nitrogens is 2. The Kier molecular flexibility index (Phi) is 9.16. The Morgan fingerprint density at radius 3 is 2.12 bits per heavy atom. The molecule has 0 spiro atoms. The van der Waals surface area contributed by atoms with Crippen LogP contribution in [-0.4, -0.2) is 47.8 Å². The normalized spacial score (nSPS) is 11.3. The molecule has 0 aliphatic rings. The van der Waals surface area contributed by atoms with Crippen LogP contribution >= 0.6 is 0 Å². The summed E-state index contributed by atoms with van der Waals surface area (Å²) in [5.41, 5.74) is 3.36. The highest BCUT2D eigenvalue weighted by molar-refractivity contribution is 5.78. The molecule has 0 bridgehead atoms. The van der Waals surface area contributed by atoms with Gasteiger partial charge in [-0.05, 0) is 40.5 Å². The van der Waals surface area contributed by atoms with Crippen molar-refractivity contribution in [1.29, 1.82) is 0 Å². The van der Waals surface area contributed by atoms with Gasteiger partial charge in [0.1, 0.15) is 18.0 Å². The van der Waals surface area contributed by atoms with Crippen molar-refractivity contribution in [2.75, 3.05) is 31.2 Å². The van der Waals surface area contributed by atoms with E-state index in [1.54, 1.807) is 0 Å². The molecule has 0 unspecified atom stereocenters. The molecule has 6 nitrogen and oxygen atoms in total. The van der Waals surface area contributed by atoms with Crippen molar-refractivity contribution < 1.29 is 14.3 Å². The Morgan fingerprint density at radius 1 is 0.912 bits per heavy atom. The van der Waals surface area contributed by atoms with Crippen LogP contribution in [0.25, 0.3) is 22.5 Å². The van der Waals surface area contributed by atoms with Gasteiger partial charge in [-0.25, -0.2) is 9.78 Å². The lowest BCUT2D eigenvalue weighted by Crippen LogP contribution is -2.27. The summed E-state index contributed by atoms with van der Waals surface area (Å²) in [5, 5.41) is 0. The van der Waals surface area contributed by atoms with Gasteiger partial charge < -0.3 is 14.4 Å². The van der Waals surface area contributed by atoms with Gasteiger partial charge in [-0.1, -0.05) is 60.7 Å². The van der Waals surface area contributed by atoms with Crippen LogP contribution in [0.15, 0.2) is 66.9 Å². The second-order valence-corrected chi connectivity index (χ2v) is 9.08. The van der Waals surface area contributed by atoms with Crippen LogP contribution in [0.2, 0.25) is 0 Å². The molecule has 0 atom stereocenters. The number of hydrogen-bond donors (Lipinski definition) is 0. The van der Waals surface area contributed by atoms with E-state index in [1.807, 2.05) is 63.4 Å². The van der Waals surface area contributed by atoms with Gasteiger partial charge in [-0.15, -0.1) is 0 Å². The van der Waals surface area contributed by atoms with E-state index in [-0.39, 0.29) is 12.6 Å². The molecule has 0 aliphatic heterocycles. The molecule has 0 N–H and O–H groups in total. The summed E-state index contributed by atoms with van der Waals surface area (Å²) in [6.07, 6.45) is 3.63. The quantitative estimate of drug-likeness (QED) is 0.267. The predicted octanol–water partition coefficient (Wildman–Crippen LogP) is 5.78. The molecule has 0 saturated carbocycles. The summed E-state index contributed by atoms with van der Waals surface area (Å²) in [5.74, 6) is 0.528. The first-order valence-electron chi connectivity index (χ1n) is 11.9. The van der Waals surface area contributed by atoms with E-state index in [0.29, 0.717) is 6.61 Å². The van der Waals surface area contributed by atoms with Gasteiger partial charge in [-0.2, -0.15) is 0 Å². The summed E-state index contributed by atoms with van der Waals surface area (Å²) < 4.78 is 10.7. The molecule has 0 fully saturated rings. The summed E-state index contributed by atoms with van der Waals surface area (Å²) in [7, 11) is 0. The fourth-order valence-electron chi connectivity index (χ4n) is 3.60. The highest BCUT2D eigenvalue weighted by Crippen LogP contribution is 2.30. The van der Waals surface area contributed by atoms with Crippen molar-refractivity contribution in [3.05, 3.63) is 66.9 Å². The molecule has 0 amide bonds. The number of rotatable bonds is 11. The van der Waals surface area contributed by atoms with E-state index < -0.39 is 5.60 Å². The van der Waals surface area contributed by atoms with Gasteiger partial charge in [-0.3, -0.25) is 4.98 Å². The summed E-state index contributed by atoms with van der Waals surface area (Å²) >= 11 is 0. The van der Waals surface area contributed by atoms with Crippen LogP contribution < -0.4 is 4.90 Å². The average molecular weight is 462 g/mol. The number of unbranched alkanes of at least 4 members (excludes halogenated alkanes) is 1. The minimum Gasteiger partial charge on any atom is -0.458 e. The topological polar surface area (TPSA) is 64.5 Å². The van der Waals surface area contributed by atoms with Crippen LogP contribution in [0.4, 0.5) is 5.82 Å². The van der Waals surface area contributed by atoms with Gasteiger partial charge in [0.2, 0.25) is 0 Å². The lowest BCUT2D eigenvalue weighted by atomic mass is 10.0. The Morgan fingerprint density at radius 2 is 1.53 bits per heavy atom. The molecule has 6 heteroatoms. The maximum atomic E-state index is 11.7. The lowest BCUT2D eigenvalue weighted by Gasteiger charge is -2.23. The van der Waals surface area contributed by atoms with E-state index in [0.717, 1.165) is 54.3 Å². The minimum absolute atomic E-state index is 0.0123. The second-order valence-electron chi connectivity index (χ2n) is 9.08. The van der Waals surface area contributed by atoms with E-state index in [9.17, 15) is 4.79 Å². The molecule has 180 valence electrons. The number of carbonyl (C=O) groups is 1. The smallest absolute Gasteiger partial charge is 0.332 e. The van der Waals surface area contributed by atoms with Crippen LogP contribution in [0.5, 0.6) is 0 Å². The predicted molar refractivity (Wildman–Crippen MR) is 137 cm³/mol. The Hall–Kier alpha value is -3.25. The van der Waals surface area contributed by atoms with E-state index in [2.05, 4.69) is 36.1 Å². The third-order valence-electron chi connectivity index (χ3n) is 5.17. The van der Waals surface area contributed by atoms with Crippen molar-refractivity contribution in [2.45, 2.75) is 46.1 Å². The summed E-state index contributed by atoms with van der Waals surface area (Å²) in [6, 6.07) is 20.3. The zero-order valence-electron chi connectivity index (χ0n) is 20.7. The third-order valence-corrected chi connectivity index (χ3v) is 5.17. The van der Waals surface area contributed by atoms with Crippen LogP contribution in [0.1, 0.15) is 40.5 Å². The standard InChI is InChI=1S/C28H35N3O3/c1-5-31(18-12-13-19-33-21-25(32)34-28(2,3)4)24-20-29-26(22-14-8-6-9-15-22)27(30-24)23-16-10-7-11-17-23/h6-11,14-17,20H,5,12-13,18-19,21H2,1-4H3. The molecule has 34 heavy (non-hydrogen) atoms. The number of ether oxygens (including phenoxy) is 2. The number of nitrogens with zero attached hydrogens (tertiary/aromatic N) is 3. The lowest BCUT2D eigenvalue weighted by molar-refractivity contribution is -0.160. The number of anilines is 1. The van der Waals surface area contributed by atoms with Gasteiger partial charge in [0.15, 0.2) is 0 Å². The number of benzene rings is 2. The van der Waals surface area contributed by atoms with Crippen molar-refractivity contribution in [3.63, 3.8) is 0 Å². The van der Waals surface area contributed by atoms with Gasteiger partial charge in [0.05, 0.1) is 17.6 Å². The molecule has 2 aromatic carbocycles. The fourth-order valence-corrected chi connectivity index (χ4v) is 3.60. The third kappa shape index (κ3) is 7.66. The first kappa shape index (κ1) is 25.4. The van der Waals surface area contributed by atoms with Crippen molar-refractivity contribution in [1.82, 2.24) is 9.97 Å². The summed E-state index contributed by atoms with van der Waals surface area (Å²) in [6.45, 7) is 9.83. The van der Waals surface area contributed by atoms with Crippen molar-refractivity contribution >= 4 is 11.8 Å². The largest absolute Gasteiger partial charge is 0.458 e. The highest BCUT2D eigenvalue weighted by Gasteiger charge is 2.17. The van der Waals surface area contributed by atoms with E-state index in [4.69, 9.17) is 19.4 Å². The van der Waals surface area contributed by atoms with E-state index >= 15 is 0 Å². The van der Waals surface area contributed by atoms with E-state index in [1.165, 1.54) is 0 Å². The zero-order chi connectivity index (χ0) is 24.4. The Labute approximate surface area is 203 Å². The number of esters is 1. The summed E-state index contributed by atoms with van der Waals surface area (Å²) in [4.78, 5) is 23.8. The monoisotopic (exact) mass is 461 g/mol. The SMILES string of the molecule is CCN(CCCCOCC(=O)OC(C)(C)C)c1cnc(-c2ccccc2)c(-c2ccccc2)n1. The molecule has 1 heterocycles. The van der Waals surface area contributed by atoms with Crippen LogP contribution in [0.3, 0.4) is 0 Å². The first-order valence-corrected chi connectivity index (χ1v) is 11.9. The van der Waals surface area contributed by atoms with Gasteiger partial charge >= 0.3 is 5.97 Å². The average Bonchev–Trinajstić information content (AvgIpc) is 2.83. The molecule has 3 rings (SSSR count). The molecular formula is C28H35N3O3. The highest BCUT2D eigenvalue weighted by atomic mass is 16.6. The number of hydrogen-bond acceptors (Lipinski definition) is 6. The number of carbonyl (C=O) groups excluding carboxylic acids is 1. The Bertz CT molecular complexity index is 1030. The van der Waals surface area contributed by atoms with Crippen molar-refractivity contribution in [3.8, 4) is 22.5 Å². The molecule has 3 aromatic rings. The molecule has 0 aliphatic carbocycles. The molecule has 0 radical (unpaired) electrons. The zero-order valence-corrected chi connectivity index (χ0v) is 20.7. The Balaban J connectivity index is 1.63. The van der Waals surface area contributed by atoms with Gasteiger partial charge in [0.25, 0.3) is 0 Å².